The zero-order valence-corrected chi connectivity index (χ0v) is 10.0. The summed E-state index contributed by atoms with van der Waals surface area (Å²) in [6, 6.07) is 9.17. The Hall–Kier alpha value is -2.12. The minimum absolute atomic E-state index is 0.00246. The lowest BCUT2D eigenvalue weighted by atomic mass is 10.1. The summed E-state index contributed by atoms with van der Waals surface area (Å²) < 4.78 is 5.19. The maximum Gasteiger partial charge on any atom is 0.246 e. The highest BCUT2D eigenvalue weighted by Gasteiger charge is 2.13. The summed E-state index contributed by atoms with van der Waals surface area (Å²) in [7, 11) is 0. The first-order valence-corrected chi connectivity index (χ1v) is 5.84. The van der Waals surface area contributed by atoms with Crippen LogP contribution >= 0.6 is 0 Å². The molecule has 1 heterocycles. The first kappa shape index (κ1) is 12.3. The molecule has 0 aromatic heterocycles. The van der Waals surface area contributed by atoms with Crippen molar-refractivity contribution < 1.29 is 9.53 Å². The molecule has 1 aliphatic heterocycles. The van der Waals surface area contributed by atoms with E-state index in [2.05, 4.69) is 6.07 Å². The van der Waals surface area contributed by atoms with Gasteiger partial charge in [0.1, 0.15) is 0 Å². The van der Waals surface area contributed by atoms with Crippen LogP contribution in [0.3, 0.4) is 0 Å². The fourth-order valence-electron chi connectivity index (χ4n) is 1.73. The molecule has 4 heteroatoms. The van der Waals surface area contributed by atoms with E-state index in [1.807, 2.05) is 12.1 Å². The number of carbonyl (C=O) groups excluding carboxylic acids is 1. The van der Waals surface area contributed by atoms with Crippen molar-refractivity contribution in [2.24, 2.45) is 0 Å². The van der Waals surface area contributed by atoms with Crippen molar-refractivity contribution in [2.75, 3.05) is 26.3 Å². The average Bonchev–Trinajstić information content (AvgIpc) is 2.46. The number of carbonyl (C=O) groups is 1. The van der Waals surface area contributed by atoms with Crippen LogP contribution in [0.15, 0.2) is 30.3 Å². The minimum Gasteiger partial charge on any atom is -0.378 e. The molecule has 0 bridgehead atoms. The lowest BCUT2D eigenvalue weighted by molar-refractivity contribution is -0.129. The van der Waals surface area contributed by atoms with E-state index in [0.717, 1.165) is 5.56 Å². The standard InChI is InChI=1S/C14H14N2O2/c15-11-13-3-1-12(2-4-13)5-6-14(17)16-7-9-18-10-8-16/h1-6H,7-10H2/b6-5-. The van der Waals surface area contributed by atoms with Gasteiger partial charge in [-0.3, -0.25) is 4.79 Å². The lowest BCUT2D eigenvalue weighted by Gasteiger charge is -2.25. The molecule has 1 saturated heterocycles. The molecule has 0 N–H and O–H groups in total. The highest BCUT2D eigenvalue weighted by atomic mass is 16.5. The molecular weight excluding hydrogens is 228 g/mol. The SMILES string of the molecule is N#Cc1ccc(/C=C\C(=O)N2CCOCC2)cc1. The molecule has 1 aromatic rings. The Kier molecular flexibility index (Phi) is 4.11. The van der Waals surface area contributed by atoms with E-state index < -0.39 is 0 Å². The van der Waals surface area contributed by atoms with Crippen LogP contribution in [0.25, 0.3) is 6.08 Å². The van der Waals surface area contributed by atoms with Gasteiger partial charge in [-0.2, -0.15) is 5.26 Å². The number of rotatable bonds is 2. The average molecular weight is 242 g/mol. The van der Waals surface area contributed by atoms with Gasteiger partial charge < -0.3 is 9.64 Å². The highest BCUT2D eigenvalue weighted by Crippen LogP contribution is 2.06. The van der Waals surface area contributed by atoms with Crippen LogP contribution in [0.5, 0.6) is 0 Å². The number of nitriles is 1. The van der Waals surface area contributed by atoms with Crippen LogP contribution in [0.1, 0.15) is 11.1 Å². The maximum absolute atomic E-state index is 11.8. The molecular formula is C14H14N2O2. The van der Waals surface area contributed by atoms with Gasteiger partial charge in [-0.05, 0) is 23.8 Å². The van der Waals surface area contributed by atoms with E-state index in [9.17, 15) is 4.79 Å². The molecule has 1 amide bonds. The first-order chi connectivity index (χ1) is 8.79. The predicted octanol–water partition coefficient (Wildman–Crippen LogP) is 1.43. The molecule has 0 spiro atoms. The van der Waals surface area contributed by atoms with Gasteiger partial charge in [0.05, 0.1) is 24.8 Å². The summed E-state index contributed by atoms with van der Waals surface area (Å²) in [5.41, 5.74) is 1.53. The Labute approximate surface area is 106 Å². The molecule has 18 heavy (non-hydrogen) atoms. The van der Waals surface area contributed by atoms with Crippen LogP contribution in [0.4, 0.5) is 0 Å². The molecule has 0 aliphatic carbocycles. The summed E-state index contributed by atoms with van der Waals surface area (Å²) in [5, 5.41) is 8.68. The van der Waals surface area contributed by atoms with E-state index in [1.54, 1.807) is 29.2 Å². The number of hydrogen-bond donors (Lipinski definition) is 0. The van der Waals surface area contributed by atoms with E-state index >= 15 is 0 Å². The second-order valence-electron chi connectivity index (χ2n) is 4.00. The van der Waals surface area contributed by atoms with E-state index in [4.69, 9.17) is 10.00 Å². The summed E-state index contributed by atoms with van der Waals surface area (Å²) in [6.07, 6.45) is 3.33. The van der Waals surface area contributed by atoms with Crippen LogP contribution < -0.4 is 0 Å². The number of benzene rings is 1. The molecule has 0 unspecified atom stereocenters. The van der Waals surface area contributed by atoms with Gasteiger partial charge in [0.2, 0.25) is 5.91 Å². The smallest absolute Gasteiger partial charge is 0.246 e. The van der Waals surface area contributed by atoms with Gasteiger partial charge in [-0.1, -0.05) is 12.1 Å². The third kappa shape index (κ3) is 3.19. The Balaban J connectivity index is 1.96. The Morgan fingerprint density at radius 3 is 2.56 bits per heavy atom. The molecule has 0 radical (unpaired) electrons. The quantitative estimate of drug-likeness (QED) is 0.737. The highest BCUT2D eigenvalue weighted by molar-refractivity contribution is 5.91. The fourth-order valence-corrected chi connectivity index (χ4v) is 1.73. The van der Waals surface area contributed by atoms with Crippen LogP contribution in [0.2, 0.25) is 0 Å². The van der Waals surface area contributed by atoms with Crippen molar-refractivity contribution in [3.63, 3.8) is 0 Å². The van der Waals surface area contributed by atoms with Crippen LogP contribution in [-0.4, -0.2) is 37.1 Å². The zero-order valence-electron chi connectivity index (χ0n) is 10.0. The van der Waals surface area contributed by atoms with Crippen molar-refractivity contribution in [1.29, 1.82) is 5.26 Å². The summed E-state index contributed by atoms with van der Waals surface area (Å²) in [6.45, 7) is 2.51. The van der Waals surface area contributed by atoms with Crippen molar-refractivity contribution in [3.05, 3.63) is 41.5 Å². The lowest BCUT2D eigenvalue weighted by Crippen LogP contribution is -2.39. The molecule has 1 aromatic carbocycles. The zero-order chi connectivity index (χ0) is 12.8. The van der Waals surface area contributed by atoms with E-state index in [1.165, 1.54) is 0 Å². The van der Waals surface area contributed by atoms with Gasteiger partial charge >= 0.3 is 0 Å². The normalized spacial score (nSPS) is 15.6. The maximum atomic E-state index is 11.8. The number of ether oxygens (including phenoxy) is 1. The third-order valence-corrected chi connectivity index (χ3v) is 2.78. The van der Waals surface area contributed by atoms with Crippen molar-refractivity contribution in [3.8, 4) is 6.07 Å². The summed E-state index contributed by atoms with van der Waals surface area (Å²) in [4.78, 5) is 13.6. The second kappa shape index (κ2) is 5.99. The molecule has 4 nitrogen and oxygen atoms in total. The predicted molar refractivity (Wildman–Crippen MR) is 67.6 cm³/mol. The minimum atomic E-state index is 0.00246. The summed E-state index contributed by atoms with van der Waals surface area (Å²) >= 11 is 0. The number of hydrogen-bond acceptors (Lipinski definition) is 3. The third-order valence-electron chi connectivity index (χ3n) is 2.78. The Morgan fingerprint density at radius 1 is 1.28 bits per heavy atom. The first-order valence-electron chi connectivity index (χ1n) is 5.84. The van der Waals surface area contributed by atoms with E-state index in [-0.39, 0.29) is 5.91 Å². The van der Waals surface area contributed by atoms with Crippen molar-refractivity contribution in [2.45, 2.75) is 0 Å². The Morgan fingerprint density at radius 2 is 1.94 bits per heavy atom. The van der Waals surface area contributed by atoms with Gasteiger partial charge in [0, 0.05) is 19.2 Å². The number of nitrogens with zero attached hydrogens (tertiary/aromatic N) is 2. The monoisotopic (exact) mass is 242 g/mol. The molecule has 92 valence electrons. The Bertz CT molecular complexity index is 480. The van der Waals surface area contributed by atoms with Crippen LogP contribution in [0, 0.1) is 11.3 Å². The number of amides is 1. The topological polar surface area (TPSA) is 53.3 Å². The number of morpholine rings is 1. The van der Waals surface area contributed by atoms with Gasteiger partial charge in [-0.25, -0.2) is 0 Å². The van der Waals surface area contributed by atoms with Gasteiger partial charge in [0.15, 0.2) is 0 Å². The molecule has 1 fully saturated rings. The molecule has 2 rings (SSSR count). The van der Waals surface area contributed by atoms with Gasteiger partial charge in [0.25, 0.3) is 0 Å². The van der Waals surface area contributed by atoms with Gasteiger partial charge in [-0.15, -0.1) is 0 Å². The molecule has 0 atom stereocenters. The van der Waals surface area contributed by atoms with Crippen LogP contribution in [-0.2, 0) is 9.53 Å². The van der Waals surface area contributed by atoms with Crippen molar-refractivity contribution >= 4 is 12.0 Å². The largest absolute Gasteiger partial charge is 0.378 e. The molecule has 0 saturated carbocycles. The second-order valence-corrected chi connectivity index (χ2v) is 4.00. The fraction of sp³-hybridized carbons (Fsp3) is 0.286. The van der Waals surface area contributed by atoms with Crippen molar-refractivity contribution in [1.82, 2.24) is 4.90 Å². The van der Waals surface area contributed by atoms with E-state index in [0.29, 0.717) is 31.9 Å². The molecule has 1 aliphatic rings. The summed E-state index contributed by atoms with van der Waals surface area (Å²) in [5.74, 6) is 0.00246.